The Morgan fingerprint density at radius 3 is 2.50 bits per heavy atom. The molecule has 1 unspecified atom stereocenters. The van der Waals surface area contributed by atoms with Crippen LogP contribution in [0, 0.1) is 5.41 Å². The molecule has 0 aliphatic heterocycles. The molecule has 2 nitrogen and oxygen atoms in total. The SMILES string of the molecule is CC(C)(C)CC(Br)CNC(=O)c1ccccc1Br. The van der Waals surface area contributed by atoms with E-state index >= 15 is 0 Å². The molecule has 1 aromatic rings. The van der Waals surface area contributed by atoms with E-state index in [-0.39, 0.29) is 11.3 Å². The van der Waals surface area contributed by atoms with Crippen LogP contribution in [-0.4, -0.2) is 17.3 Å². The Hall–Kier alpha value is -0.350. The summed E-state index contributed by atoms with van der Waals surface area (Å²) in [5, 5.41) is 2.95. The first-order valence-electron chi connectivity index (χ1n) is 5.96. The van der Waals surface area contributed by atoms with Gasteiger partial charge in [-0.3, -0.25) is 4.79 Å². The Morgan fingerprint density at radius 2 is 1.94 bits per heavy atom. The predicted molar refractivity (Wildman–Crippen MR) is 83.3 cm³/mol. The molecule has 1 rings (SSSR count). The lowest BCUT2D eigenvalue weighted by Gasteiger charge is -2.22. The van der Waals surface area contributed by atoms with Crippen LogP contribution in [0.15, 0.2) is 28.7 Å². The highest BCUT2D eigenvalue weighted by atomic mass is 79.9. The van der Waals surface area contributed by atoms with Gasteiger partial charge < -0.3 is 5.32 Å². The zero-order valence-corrected chi connectivity index (χ0v) is 14.1. The van der Waals surface area contributed by atoms with Crippen molar-refractivity contribution in [1.82, 2.24) is 5.32 Å². The van der Waals surface area contributed by atoms with Crippen LogP contribution in [0.5, 0.6) is 0 Å². The summed E-state index contributed by atoms with van der Waals surface area (Å²) in [6.07, 6.45) is 1.02. The topological polar surface area (TPSA) is 29.1 Å². The second kappa shape index (κ2) is 6.71. The third-order valence-electron chi connectivity index (χ3n) is 2.44. The van der Waals surface area contributed by atoms with Crippen molar-refractivity contribution in [2.75, 3.05) is 6.54 Å². The molecule has 4 heteroatoms. The van der Waals surface area contributed by atoms with Crippen molar-refractivity contribution in [3.8, 4) is 0 Å². The van der Waals surface area contributed by atoms with E-state index in [1.807, 2.05) is 24.3 Å². The van der Waals surface area contributed by atoms with Crippen LogP contribution in [0.4, 0.5) is 0 Å². The Morgan fingerprint density at radius 1 is 1.33 bits per heavy atom. The summed E-state index contributed by atoms with van der Waals surface area (Å²) < 4.78 is 0.824. The first-order valence-corrected chi connectivity index (χ1v) is 7.67. The van der Waals surface area contributed by atoms with Gasteiger partial charge in [-0.05, 0) is 39.9 Å². The Balaban J connectivity index is 2.50. The van der Waals surface area contributed by atoms with Crippen LogP contribution < -0.4 is 5.32 Å². The van der Waals surface area contributed by atoms with Gasteiger partial charge in [-0.2, -0.15) is 0 Å². The maximum absolute atomic E-state index is 12.0. The maximum Gasteiger partial charge on any atom is 0.252 e. The van der Waals surface area contributed by atoms with Crippen LogP contribution in [0.2, 0.25) is 0 Å². The third-order valence-corrected chi connectivity index (χ3v) is 3.78. The molecule has 1 amide bonds. The van der Waals surface area contributed by atoms with Crippen molar-refractivity contribution in [3.05, 3.63) is 34.3 Å². The smallest absolute Gasteiger partial charge is 0.252 e. The van der Waals surface area contributed by atoms with Crippen LogP contribution in [-0.2, 0) is 0 Å². The van der Waals surface area contributed by atoms with Crippen molar-refractivity contribution in [2.24, 2.45) is 5.41 Å². The average molecular weight is 377 g/mol. The predicted octanol–water partition coefficient (Wildman–Crippen LogP) is 4.38. The second-order valence-electron chi connectivity index (χ2n) is 5.55. The highest BCUT2D eigenvalue weighted by Gasteiger charge is 2.17. The van der Waals surface area contributed by atoms with E-state index in [1.54, 1.807) is 0 Å². The molecule has 0 radical (unpaired) electrons. The molecule has 0 saturated heterocycles. The number of nitrogens with one attached hydrogen (secondary N) is 1. The number of hydrogen-bond donors (Lipinski definition) is 1. The van der Waals surface area contributed by atoms with Crippen LogP contribution >= 0.6 is 31.9 Å². The summed E-state index contributed by atoms with van der Waals surface area (Å²) in [6.45, 7) is 7.21. The van der Waals surface area contributed by atoms with Crippen LogP contribution in [0.3, 0.4) is 0 Å². The van der Waals surface area contributed by atoms with Gasteiger partial charge in [0.1, 0.15) is 0 Å². The average Bonchev–Trinajstić information content (AvgIpc) is 2.24. The molecule has 0 bridgehead atoms. The maximum atomic E-state index is 12.0. The number of carbonyl (C=O) groups is 1. The van der Waals surface area contributed by atoms with E-state index < -0.39 is 0 Å². The number of alkyl halides is 1. The normalized spacial score (nSPS) is 13.2. The molecule has 0 heterocycles. The highest BCUT2D eigenvalue weighted by molar-refractivity contribution is 9.10. The van der Waals surface area contributed by atoms with Crippen molar-refractivity contribution in [2.45, 2.75) is 32.0 Å². The summed E-state index contributed by atoms with van der Waals surface area (Å²) in [4.78, 5) is 12.3. The first-order chi connectivity index (χ1) is 8.29. The van der Waals surface area contributed by atoms with Crippen molar-refractivity contribution in [3.63, 3.8) is 0 Å². The molecule has 0 aromatic heterocycles. The molecule has 18 heavy (non-hydrogen) atoms. The largest absolute Gasteiger partial charge is 0.351 e. The molecular formula is C14H19Br2NO. The minimum atomic E-state index is -0.0409. The van der Waals surface area contributed by atoms with Gasteiger partial charge in [-0.15, -0.1) is 0 Å². The third kappa shape index (κ3) is 5.53. The van der Waals surface area contributed by atoms with E-state index in [9.17, 15) is 4.79 Å². The molecule has 1 atom stereocenters. The summed E-state index contributed by atoms with van der Waals surface area (Å²) in [7, 11) is 0. The number of carbonyl (C=O) groups excluding carboxylic acids is 1. The number of hydrogen-bond acceptors (Lipinski definition) is 1. The number of amides is 1. The van der Waals surface area contributed by atoms with E-state index in [4.69, 9.17) is 0 Å². The van der Waals surface area contributed by atoms with Gasteiger partial charge in [0, 0.05) is 15.8 Å². The molecular weight excluding hydrogens is 358 g/mol. The molecule has 1 N–H and O–H groups in total. The van der Waals surface area contributed by atoms with E-state index in [1.165, 1.54) is 0 Å². The van der Waals surface area contributed by atoms with Crippen molar-refractivity contribution in [1.29, 1.82) is 0 Å². The fourth-order valence-electron chi connectivity index (χ4n) is 1.68. The van der Waals surface area contributed by atoms with Gasteiger partial charge in [0.2, 0.25) is 0 Å². The zero-order chi connectivity index (χ0) is 13.8. The fraction of sp³-hybridized carbons (Fsp3) is 0.500. The number of halogens is 2. The molecule has 0 aliphatic rings. The van der Waals surface area contributed by atoms with Crippen molar-refractivity contribution >= 4 is 37.8 Å². The number of rotatable bonds is 4. The van der Waals surface area contributed by atoms with Crippen LogP contribution in [0.25, 0.3) is 0 Å². The monoisotopic (exact) mass is 375 g/mol. The molecule has 0 aliphatic carbocycles. The minimum absolute atomic E-state index is 0.0409. The molecule has 0 spiro atoms. The lowest BCUT2D eigenvalue weighted by Crippen LogP contribution is -2.31. The molecule has 0 saturated carbocycles. The van der Waals surface area contributed by atoms with Crippen molar-refractivity contribution < 1.29 is 4.79 Å². The minimum Gasteiger partial charge on any atom is -0.351 e. The number of benzene rings is 1. The van der Waals surface area contributed by atoms with Gasteiger partial charge in [0.25, 0.3) is 5.91 Å². The standard InChI is InChI=1S/C14H19Br2NO/c1-14(2,3)8-10(15)9-17-13(18)11-6-4-5-7-12(11)16/h4-7,10H,8-9H2,1-3H3,(H,17,18). The van der Waals surface area contributed by atoms with Gasteiger partial charge in [0.15, 0.2) is 0 Å². The van der Waals surface area contributed by atoms with Gasteiger partial charge in [-0.25, -0.2) is 0 Å². The van der Waals surface area contributed by atoms with Gasteiger partial charge in [0.05, 0.1) is 5.56 Å². The molecule has 0 fully saturated rings. The molecule has 100 valence electrons. The second-order valence-corrected chi connectivity index (χ2v) is 7.70. The summed E-state index contributed by atoms with van der Waals surface area (Å²) in [5.74, 6) is -0.0409. The van der Waals surface area contributed by atoms with E-state index in [0.29, 0.717) is 16.9 Å². The quantitative estimate of drug-likeness (QED) is 0.776. The Labute approximate surface area is 126 Å². The first kappa shape index (κ1) is 15.7. The fourth-order valence-corrected chi connectivity index (χ4v) is 3.28. The van der Waals surface area contributed by atoms with E-state index in [2.05, 4.69) is 57.9 Å². The van der Waals surface area contributed by atoms with E-state index in [0.717, 1.165) is 10.9 Å². The lowest BCUT2D eigenvalue weighted by molar-refractivity contribution is 0.0951. The van der Waals surface area contributed by atoms with Crippen LogP contribution in [0.1, 0.15) is 37.6 Å². The summed E-state index contributed by atoms with van der Waals surface area (Å²) in [5.41, 5.74) is 0.930. The van der Waals surface area contributed by atoms with Gasteiger partial charge >= 0.3 is 0 Å². The lowest BCUT2D eigenvalue weighted by atomic mass is 9.90. The zero-order valence-electron chi connectivity index (χ0n) is 11.0. The molecule has 1 aromatic carbocycles. The Bertz CT molecular complexity index is 413. The Kier molecular flexibility index (Phi) is 5.86. The highest BCUT2D eigenvalue weighted by Crippen LogP contribution is 2.24. The summed E-state index contributed by atoms with van der Waals surface area (Å²) in [6, 6.07) is 7.44. The van der Waals surface area contributed by atoms with Gasteiger partial charge in [-0.1, -0.05) is 48.8 Å². The summed E-state index contributed by atoms with van der Waals surface area (Å²) >= 11 is 6.99.